The fourth-order valence-electron chi connectivity index (χ4n) is 1.83. The molecule has 1 unspecified atom stereocenters. The Hall–Kier alpha value is -0.860. The predicted molar refractivity (Wildman–Crippen MR) is 77.9 cm³/mol. The molecule has 0 bridgehead atoms. The number of hydrogen-bond acceptors (Lipinski definition) is 2. The van der Waals surface area contributed by atoms with E-state index >= 15 is 0 Å². The molecule has 0 aliphatic rings. The third kappa shape index (κ3) is 7.46. The van der Waals surface area contributed by atoms with E-state index in [-0.39, 0.29) is 0 Å². The van der Waals surface area contributed by atoms with Crippen LogP contribution in [0.5, 0.6) is 0 Å². The van der Waals surface area contributed by atoms with Crippen molar-refractivity contribution in [2.75, 3.05) is 19.8 Å². The summed E-state index contributed by atoms with van der Waals surface area (Å²) in [7, 11) is 0. The minimum atomic E-state index is 0.549. The Bertz CT molecular complexity index is 297. The van der Waals surface area contributed by atoms with Crippen molar-refractivity contribution in [2.45, 2.75) is 39.7 Å². The van der Waals surface area contributed by atoms with Crippen LogP contribution in [0.3, 0.4) is 0 Å². The van der Waals surface area contributed by atoms with Gasteiger partial charge in [0.25, 0.3) is 0 Å². The summed E-state index contributed by atoms with van der Waals surface area (Å²) in [4.78, 5) is 0. The van der Waals surface area contributed by atoms with E-state index in [1.807, 2.05) is 0 Å². The first-order valence-electron chi connectivity index (χ1n) is 7.03. The van der Waals surface area contributed by atoms with Crippen LogP contribution in [0.25, 0.3) is 0 Å². The molecule has 0 saturated carbocycles. The lowest BCUT2D eigenvalue weighted by Gasteiger charge is -2.14. The molecule has 0 aliphatic heterocycles. The molecule has 1 atom stereocenters. The van der Waals surface area contributed by atoms with Gasteiger partial charge >= 0.3 is 0 Å². The molecule has 2 nitrogen and oxygen atoms in total. The van der Waals surface area contributed by atoms with Crippen LogP contribution < -0.4 is 5.32 Å². The Morgan fingerprint density at radius 2 is 1.83 bits per heavy atom. The van der Waals surface area contributed by atoms with Crippen LogP contribution in [0.4, 0.5) is 0 Å². The number of aryl methyl sites for hydroxylation is 1. The van der Waals surface area contributed by atoms with Crippen molar-refractivity contribution in [1.82, 2.24) is 5.32 Å². The van der Waals surface area contributed by atoms with Gasteiger partial charge in [-0.05, 0) is 31.2 Å². The lowest BCUT2D eigenvalue weighted by molar-refractivity contribution is 0.110. The standard InChI is InChI=1S/C16H27NO/c1-14(2)13-18-12-11-17-15(3)9-10-16-7-5-4-6-8-16/h4-8,14-15,17H,9-13H2,1-3H3. The SMILES string of the molecule is CC(C)COCCNC(C)CCc1ccccc1. The summed E-state index contributed by atoms with van der Waals surface area (Å²) in [5, 5.41) is 3.50. The van der Waals surface area contributed by atoms with Crippen molar-refractivity contribution in [1.29, 1.82) is 0 Å². The highest BCUT2D eigenvalue weighted by Gasteiger charge is 2.01. The van der Waals surface area contributed by atoms with E-state index in [9.17, 15) is 0 Å². The molecule has 18 heavy (non-hydrogen) atoms. The fourth-order valence-corrected chi connectivity index (χ4v) is 1.83. The van der Waals surface area contributed by atoms with Crippen molar-refractivity contribution < 1.29 is 4.74 Å². The van der Waals surface area contributed by atoms with Gasteiger partial charge in [-0.3, -0.25) is 0 Å². The molecule has 1 aromatic carbocycles. The highest BCUT2D eigenvalue weighted by Crippen LogP contribution is 2.04. The molecular weight excluding hydrogens is 222 g/mol. The molecule has 0 aromatic heterocycles. The highest BCUT2D eigenvalue weighted by molar-refractivity contribution is 5.14. The Labute approximate surface area is 112 Å². The summed E-state index contributed by atoms with van der Waals surface area (Å²) < 4.78 is 5.55. The summed E-state index contributed by atoms with van der Waals surface area (Å²) in [5.74, 6) is 0.625. The van der Waals surface area contributed by atoms with Gasteiger partial charge in [0.05, 0.1) is 6.61 Å². The van der Waals surface area contributed by atoms with Crippen LogP contribution in [0.15, 0.2) is 30.3 Å². The molecule has 0 spiro atoms. The number of hydrogen-bond donors (Lipinski definition) is 1. The first-order valence-corrected chi connectivity index (χ1v) is 7.03. The van der Waals surface area contributed by atoms with Crippen molar-refractivity contribution in [3.63, 3.8) is 0 Å². The first-order chi connectivity index (χ1) is 8.68. The Morgan fingerprint density at radius 1 is 1.11 bits per heavy atom. The fraction of sp³-hybridized carbons (Fsp3) is 0.625. The van der Waals surface area contributed by atoms with Crippen molar-refractivity contribution in [2.24, 2.45) is 5.92 Å². The van der Waals surface area contributed by atoms with Gasteiger partial charge in [-0.15, -0.1) is 0 Å². The zero-order valence-corrected chi connectivity index (χ0v) is 12.0. The van der Waals surface area contributed by atoms with Gasteiger partial charge in [0.15, 0.2) is 0 Å². The predicted octanol–water partition coefficient (Wildman–Crippen LogP) is 3.27. The molecule has 0 aliphatic carbocycles. The van der Waals surface area contributed by atoms with Gasteiger partial charge in [0, 0.05) is 19.2 Å². The van der Waals surface area contributed by atoms with Crippen LogP contribution in [0, 0.1) is 5.92 Å². The third-order valence-corrected chi connectivity index (χ3v) is 2.90. The Balaban J connectivity index is 2.02. The molecule has 1 rings (SSSR count). The maximum atomic E-state index is 5.55. The van der Waals surface area contributed by atoms with Crippen molar-refractivity contribution >= 4 is 0 Å². The zero-order chi connectivity index (χ0) is 13.2. The normalized spacial score (nSPS) is 12.9. The molecule has 0 heterocycles. The van der Waals surface area contributed by atoms with E-state index in [4.69, 9.17) is 4.74 Å². The zero-order valence-electron chi connectivity index (χ0n) is 12.0. The van der Waals surface area contributed by atoms with E-state index in [2.05, 4.69) is 56.4 Å². The largest absolute Gasteiger partial charge is 0.380 e. The third-order valence-electron chi connectivity index (χ3n) is 2.90. The van der Waals surface area contributed by atoms with Gasteiger partial charge < -0.3 is 10.1 Å². The van der Waals surface area contributed by atoms with Crippen LogP contribution in [0.1, 0.15) is 32.8 Å². The summed E-state index contributed by atoms with van der Waals surface area (Å²) in [5.41, 5.74) is 1.42. The quantitative estimate of drug-likeness (QED) is 0.678. The minimum absolute atomic E-state index is 0.549. The highest BCUT2D eigenvalue weighted by atomic mass is 16.5. The first kappa shape index (κ1) is 15.2. The van der Waals surface area contributed by atoms with E-state index < -0.39 is 0 Å². The van der Waals surface area contributed by atoms with Gasteiger partial charge in [-0.2, -0.15) is 0 Å². The Kier molecular flexibility index (Phi) is 7.70. The van der Waals surface area contributed by atoms with Gasteiger partial charge in [-0.25, -0.2) is 0 Å². The van der Waals surface area contributed by atoms with Crippen molar-refractivity contribution in [3.8, 4) is 0 Å². The number of ether oxygens (including phenoxy) is 1. The molecule has 1 N–H and O–H groups in total. The van der Waals surface area contributed by atoms with E-state index in [0.29, 0.717) is 12.0 Å². The van der Waals surface area contributed by atoms with Gasteiger partial charge in [0.1, 0.15) is 0 Å². The number of nitrogens with one attached hydrogen (secondary N) is 1. The number of rotatable bonds is 9. The molecule has 2 heteroatoms. The molecule has 0 amide bonds. The van der Waals surface area contributed by atoms with Crippen molar-refractivity contribution in [3.05, 3.63) is 35.9 Å². The topological polar surface area (TPSA) is 21.3 Å². The van der Waals surface area contributed by atoms with Crippen LogP contribution >= 0.6 is 0 Å². The summed E-state index contributed by atoms with van der Waals surface area (Å²) in [6.07, 6.45) is 2.32. The summed E-state index contributed by atoms with van der Waals surface area (Å²) in [6, 6.07) is 11.2. The average Bonchev–Trinajstić information content (AvgIpc) is 2.37. The smallest absolute Gasteiger partial charge is 0.0591 e. The summed E-state index contributed by atoms with van der Waals surface area (Å²) in [6.45, 7) is 9.22. The maximum Gasteiger partial charge on any atom is 0.0591 e. The van der Waals surface area contributed by atoms with E-state index in [1.54, 1.807) is 0 Å². The van der Waals surface area contributed by atoms with E-state index in [0.717, 1.165) is 26.2 Å². The molecule has 0 radical (unpaired) electrons. The lowest BCUT2D eigenvalue weighted by atomic mass is 10.1. The number of benzene rings is 1. The van der Waals surface area contributed by atoms with Crippen LogP contribution in [-0.4, -0.2) is 25.8 Å². The van der Waals surface area contributed by atoms with Gasteiger partial charge in [0.2, 0.25) is 0 Å². The molecular formula is C16H27NO. The molecule has 1 aromatic rings. The molecule has 102 valence electrons. The second-order valence-electron chi connectivity index (χ2n) is 5.35. The Morgan fingerprint density at radius 3 is 2.50 bits per heavy atom. The maximum absolute atomic E-state index is 5.55. The second kappa shape index (κ2) is 9.12. The summed E-state index contributed by atoms with van der Waals surface area (Å²) >= 11 is 0. The van der Waals surface area contributed by atoms with Gasteiger partial charge in [-0.1, -0.05) is 44.2 Å². The lowest BCUT2D eigenvalue weighted by Crippen LogP contribution is -2.30. The second-order valence-corrected chi connectivity index (χ2v) is 5.35. The average molecular weight is 249 g/mol. The minimum Gasteiger partial charge on any atom is -0.380 e. The van der Waals surface area contributed by atoms with Crippen LogP contribution in [-0.2, 0) is 11.2 Å². The molecule has 0 saturated heterocycles. The van der Waals surface area contributed by atoms with E-state index in [1.165, 1.54) is 12.0 Å². The molecule has 0 fully saturated rings. The van der Waals surface area contributed by atoms with Crippen LogP contribution in [0.2, 0.25) is 0 Å². The monoisotopic (exact) mass is 249 g/mol.